The minimum Gasteiger partial charge on any atom is -0.274 e. The molecule has 0 saturated heterocycles. The van der Waals surface area contributed by atoms with Crippen molar-refractivity contribution >= 4 is 38.3 Å². The van der Waals surface area contributed by atoms with Gasteiger partial charge in [-0.25, -0.2) is 13.3 Å². The summed E-state index contributed by atoms with van der Waals surface area (Å²) in [4.78, 5) is 26.8. The van der Waals surface area contributed by atoms with Gasteiger partial charge in [-0.2, -0.15) is 4.31 Å². The molecule has 0 radical (unpaired) electrons. The van der Waals surface area contributed by atoms with E-state index >= 15 is 0 Å². The number of benzene rings is 2. The van der Waals surface area contributed by atoms with Crippen LogP contribution in [-0.4, -0.2) is 37.6 Å². The molecule has 0 saturated carbocycles. The second-order valence-electron chi connectivity index (χ2n) is 7.03. The molecule has 0 aromatic heterocycles. The lowest BCUT2D eigenvalue weighted by atomic mass is 10.1. The Bertz CT molecular complexity index is 1020. The van der Waals surface area contributed by atoms with E-state index in [0.717, 1.165) is 0 Å². The fourth-order valence-electron chi connectivity index (χ4n) is 3.57. The molecular formula is C20H24N2O4S. The zero-order valence-corrected chi connectivity index (χ0v) is 16.8. The summed E-state index contributed by atoms with van der Waals surface area (Å²) in [6, 6.07) is 8.08. The average Bonchev–Trinajstić information content (AvgIpc) is 2.89. The molecule has 3 rings (SSSR count). The summed E-state index contributed by atoms with van der Waals surface area (Å²) in [7, 11) is -3.69. The van der Waals surface area contributed by atoms with Crippen LogP contribution in [0.2, 0.25) is 0 Å². The summed E-state index contributed by atoms with van der Waals surface area (Å²) in [5.74, 6) is -0.544. The minimum atomic E-state index is -3.69. The maximum absolute atomic E-state index is 13.1. The molecule has 0 spiro atoms. The summed E-state index contributed by atoms with van der Waals surface area (Å²) in [5.41, 5.74) is 0.839. The van der Waals surface area contributed by atoms with Gasteiger partial charge in [-0.15, -0.1) is 0 Å². The van der Waals surface area contributed by atoms with Gasteiger partial charge in [0.05, 0.1) is 16.1 Å². The van der Waals surface area contributed by atoms with Gasteiger partial charge in [-0.05, 0) is 24.1 Å². The maximum atomic E-state index is 13.1. The Morgan fingerprint density at radius 1 is 1.11 bits per heavy atom. The highest BCUT2D eigenvalue weighted by Gasteiger charge is 2.36. The second kappa shape index (κ2) is 7.05. The third-order valence-electron chi connectivity index (χ3n) is 4.81. The van der Waals surface area contributed by atoms with E-state index in [-0.39, 0.29) is 23.1 Å². The Morgan fingerprint density at radius 3 is 2.37 bits per heavy atom. The predicted molar refractivity (Wildman–Crippen MR) is 105 cm³/mol. The standard InChI is InChI=1S/C20H24N2O4S/c1-5-21(6-2)27(25,26)17-11-10-16-19-14(17)8-7-9-15(19)20(24)22(16)18(23)12-13(3)4/h7-11,13H,5-6,12H2,1-4H3. The van der Waals surface area contributed by atoms with E-state index in [9.17, 15) is 18.0 Å². The first-order chi connectivity index (χ1) is 12.7. The highest BCUT2D eigenvalue weighted by atomic mass is 32.2. The minimum absolute atomic E-state index is 0.117. The first-order valence-corrected chi connectivity index (χ1v) is 10.6. The van der Waals surface area contributed by atoms with Gasteiger partial charge >= 0.3 is 0 Å². The Hall–Kier alpha value is -2.25. The zero-order chi connectivity index (χ0) is 19.9. The number of imide groups is 1. The van der Waals surface area contributed by atoms with Crippen LogP contribution in [0.15, 0.2) is 35.2 Å². The van der Waals surface area contributed by atoms with Crippen molar-refractivity contribution in [3.05, 3.63) is 35.9 Å². The lowest BCUT2D eigenvalue weighted by Gasteiger charge is -2.20. The van der Waals surface area contributed by atoms with Crippen LogP contribution in [0.5, 0.6) is 0 Å². The van der Waals surface area contributed by atoms with Crippen molar-refractivity contribution < 1.29 is 18.0 Å². The first-order valence-electron chi connectivity index (χ1n) is 9.17. The smallest absolute Gasteiger partial charge is 0.265 e. The topological polar surface area (TPSA) is 74.8 Å². The molecule has 2 aromatic carbocycles. The molecule has 1 aliphatic rings. The number of amides is 2. The number of carbonyl (C=O) groups is 2. The number of hydrogen-bond acceptors (Lipinski definition) is 4. The van der Waals surface area contributed by atoms with Gasteiger partial charge in [0.1, 0.15) is 0 Å². The maximum Gasteiger partial charge on any atom is 0.265 e. The zero-order valence-electron chi connectivity index (χ0n) is 16.0. The van der Waals surface area contributed by atoms with Gasteiger partial charge in [-0.3, -0.25) is 9.59 Å². The summed E-state index contributed by atoms with van der Waals surface area (Å²) in [6.45, 7) is 8.13. The van der Waals surface area contributed by atoms with Crippen molar-refractivity contribution in [2.75, 3.05) is 18.0 Å². The molecule has 6 nitrogen and oxygen atoms in total. The molecule has 0 aliphatic carbocycles. The largest absolute Gasteiger partial charge is 0.274 e. The SMILES string of the molecule is CCN(CC)S(=O)(=O)c1ccc2c3c(cccc13)C(=O)N2C(=O)CC(C)C. The van der Waals surface area contributed by atoms with Crippen LogP contribution < -0.4 is 4.90 Å². The summed E-state index contributed by atoms with van der Waals surface area (Å²) < 4.78 is 27.5. The van der Waals surface area contributed by atoms with Crippen molar-refractivity contribution in [2.24, 2.45) is 5.92 Å². The van der Waals surface area contributed by atoms with Crippen LogP contribution in [0.3, 0.4) is 0 Å². The first kappa shape index (κ1) is 19.5. The Balaban J connectivity index is 2.23. The van der Waals surface area contributed by atoms with Gasteiger partial charge in [-0.1, -0.05) is 39.8 Å². The lowest BCUT2D eigenvalue weighted by molar-refractivity contribution is -0.118. The van der Waals surface area contributed by atoms with E-state index in [0.29, 0.717) is 35.1 Å². The molecule has 7 heteroatoms. The Labute approximate surface area is 159 Å². The quantitative estimate of drug-likeness (QED) is 0.760. The highest BCUT2D eigenvalue weighted by molar-refractivity contribution is 7.89. The average molecular weight is 388 g/mol. The van der Waals surface area contributed by atoms with E-state index in [2.05, 4.69) is 0 Å². The number of nitrogens with zero attached hydrogens (tertiary/aromatic N) is 2. The normalized spacial score (nSPS) is 14.0. The van der Waals surface area contributed by atoms with Crippen molar-refractivity contribution in [2.45, 2.75) is 39.0 Å². The Kier molecular flexibility index (Phi) is 5.10. The van der Waals surface area contributed by atoms with Crippen LogP contribution in [-0.2, 0) is 14.8 Å². The second-order valence-corrected chi connectivity index (χ2v) is 8.94. The molecule has 1 heterocycles. The number of anilines is 1. The molecule has 2 aromatic rings. The number of carbonyl (C=O) groups excluding carboxylic acids is 2. The molecule has 0 atom stereocenters. The van der Waals surface area contributed by atoms with Crippen LogP contribution in [0, 0.1) is 5.92 Å². The third kappa shape index (κ3) is 3.04. The summed E-state index contributed by atoms with van der Waals surface area (Å²) in [6.07, 6.45) is 0.251. The van der Waals surface area contributed by atoms with Crippen LogP contribution >= 0.6 is 0 Å². The van der Waals surface area contributed by atoms with Crippen LogP contribution in [0.1, 0.15) is 44.5 Å². The molecular weight excluding hydrogens is 364 g/mol. The van der Waals surface area contributed by atoms with E-state index < -0.39 is 15.9 Å². The van der Waals surface area contributed by atoms with Crippen molar-refractivity contribution in [1.82, 2.24) is 4.31 Å². The molecule has 0 fully saturated rings. The van der Waals surface area contributed by atoms with Gasteiger partial charge in [0.25, 0.3) is 5.91 Å². The van der Waals surface area contributed by atoms with Crippen molar-refractivity contribution in [1.29, 1.82) is 0 Å². The monoisotopic (exact) mass is 388 g/mol. The number of sulfonamides is 1. The number of rotatable bonds is 6. The van der Waals surface area contributed by atoms with Crippen LogP contribution in [0.25, 0.3) is 10.8 Å². The van der Waals surface area contributed by atoms with Gasteiger partial charge in [0.2, 0.25) is 15.9 Å². The third-order valence-corrected chi connectivity index (χ3v) is 6.92. The van der Waals surface area contributed by atoms with Gasteiger partial charge < -0.3 is 0 Å². The van der Waals surface area contributed by atoms with E-state index in [1.807, 2.05) is 13.8 Å². The van der Waals surface area contributed by atoms with Gasteiger partial charge in [0.15, 0.2) is 0 Å². The molecule has 1 aliphatic heterocycles. The van der Waals surface area contributed by atoms with Crippen LogP contribution in [0.4, 0.5) is 5.69 Å². The molecule has 144 valence electrons. The summed E-state index contributed by atoms with van der Waals surface area (Å²) >= 11 is 0. The lowest BCUT2D eigenvalue weighted by Crippen LogP contribution is -2.34. The molecule has 2 amide bonds. The van der Waals surface area contributed by atoms with Crippen molar-refractivity contribution in [3.8, 4) is 0 Å². The Morgan fingerprint density at radius 2 is 1.78 bits per heavy atom. The molecule has 0 unspecified atom stereocenters. The van der Waals surface area contributed by atoms with E-state index in [1.54, 1.807) is 38.1 Å². The number of hydrogen-bond donors (Lipinski definition) is 0. The summed E-state index contributed by atoms with van der Waals surface area (Å²) in [5, 5.41) is 1.01. The van der Waals surface area contributed by atoms with E-state index in [4.69, 9.17) is 0 Å². The molecule has 0 bridgehead atoms. The molecule has 27 heavy (non-hydrogen) atoms. The molecule has 0 N–H and O–H groups in total. The van der Waals surface area contributed by atoms with Gasteiger partial charge in [0, 0.05) is 30.3 Å². The predicted octanol–water partition coefficient (Wildman–Crippen LogP) is 3.40. The fraction of sp³-hybridized carbons (Fsp3) is 0.400. The highest BCUT2D eigenvalue weighted by Crippen LogP contribution is 2.41. The van der Waals surface area contributed by atoms with Crippen molar-refractivity contribution in [3.63, 3.8) is 0 Å². The van der Waals surface area contributed by atoms with E-state index in [1.165, 1.54) is 15.3 Å². The fourth-order valence-corrected chi connectivity index (χ4v) is 5.22.